The van der Waals surface area contributed by atoms with E-state index in [2.05, 4.69) is 0 Å². The molecule has 0 heterocycles. The largest absolute Gasteiger partial charge is 0.494 e. The molecule has 0 N–H and O–H groups in total. The van der Waals surface area contributed by atoms with E-state index in [4.69, 9.17) is 14.2 Å². The number of benzene rings is 2. The molecule has 0 aliphatic carbocycles. The first-order valence-electron chi connectivity index (χ1n) is 7.78. The highest BCUT2D eigenvalue weighted by molar-refractivity contribution is 5.76. The Morgan fingerprint density at radius 2 is 1.61 bits per heavy atom. The first-order valence-corrected chi connectivity index (χ1v) is 7.78. The molecule has 0 unspecified atom stereocenters. The van der Waals surface area contributed by atoms with Crippen LogP contribution in [-0.2, 0) is 11.2 Å². The molecule has 122 valence electrons. The third-order valence-electron chi connectivity index (χ3n) is 3.21. The van der Waals surface area contributed by atoms with Crippen LogP contribution in [0.1, 0.15) is 25.0 Å². The Balaban J connectivity index is 2.01. The van der Waals surface area contributed by atoms with Gasteiger partial charge in [-0.1, -0.05) is 18.2 Å². The number of carbonyl (C=O) groups excluding carboxylic acids is 1. The van der Waals surface area contributed by atoms with E-state index in [-0.39, 0.29) is 12.4 Å². The molecule has 0 radical (unpaired) electrons. The molecule has 2 aromatic rings. The molecule has 2 rings (SSSR count). The molecule has 4 heteroatoms. The fourth-order valence-corrected chi connectivity index (χ4v) is 2.16. The number of esters is 1. The lowest BCUT2D eigenvalue weighted by molar-refractivity contribution is -0.133. The van der Waals surface area contributed by atoms with Gasteiger partial charge in [0.1, 0.15) is 5.75 Å². The molecule has 0 spiro atoms. The summed E-state index contributed by atoms with van der Waals surface area (Å²) >= 11 is 0. The zero-order valence-corrected chi connectivity index (χ0v) is 13.8. The van der Waals surface area contributed by atoms with E-state index in [0.29, 0.717) is 24.7 Å². The van der Waals surface area contributed by atoms with Crippen LogP contribution in [0.25, 0.3) is 0 Å². The Labute approximate surface area is 137 Å². The summed E-state index contributed by atoms with van der Waals surface area (Å²) in [6, 6.07) is 12.9. The first kappa shape index (κ1) is 16.9. The Bertz CT molecular complexity index is 647. The molecule has 0 atom stereocenters. The molecule has 4 nitrogen and oxygen atoms in total. The number of rotatable bonds is 7. The van der Waals surface area contributed by atoms with Crippen molar-refractivity contribution in [1.82, 2.24) is 0 Å². The van der Waals surface area contributed by atoms with Crippen molar-refractivity contribution in [1.29, 1.82) is 0 Å². The van der Waals surface area contributed by atoms with Crippen molar-refractivity contribution >= 4 is 5.97 Å². The van der Waals surface area contributed by atoms with Gasteiger partial charge in [0.05, 0.1) is 19.6 Å². The van der Waals surface area contributed by atoms with Gasteiger partial charge in [0, 0.05) is 0 Å². The van der Waals surface area contributed by atoms with Crippen molar-refractivity contribution in [2.45, 2.75) is 27.2 Å². The lowest BCUT2D eigenvalue weighted by atomic mass is 10.1. The lowest BCUT2D eigenvalue weighted by Crippen LogP contribution is -2.12. The fraction of sp³-hybridized carbons (Fsp3) is 0.316. The van der Waals surface area contributed by atoms with E-state index < -0.39 is 0 Å². The van der Waals surface area contributed by atoms with E-state index in [1.165, 1.54) is 0 Å². The van der Waals surface area contributed by atoms with E-state index in [1.807, 2.05) is 57.2 Å². The van der Waals surface area contributed by atoms with Crippen molar-refractivity contribution in [2.75, 3.05) is 13.2 Å². The molecular weight excluding hydrogens is 292 g/mol. The minimum atomic E-state index is -0.320. The highest BCUT2D eigenvalue weighted by Gasteiger charge is 2.11. The van der Waals surface area contributed by atoms with Gasteiger partial charge in [0.25, 0.3) is 0 Å². The SMILES string of the molecule is CCOc1ccc(CC(=O)Oc2ccc(C)cc2OCC)cc1. The van der Waals surface area contributed by atoms with E-state index >= 15 is 0 Å². The number of hydrogen-bond acceptors (Lipinski definition) is 4. The molecule has 0 aliphatic heterocycles. The molecule has 0 aliphatic rings. The van der Waals surface area contributed by atoms with Gasteiger partial charge < -0.3 is 14.2 Å². The second kappa shape index (κ2) is 8.22. The first-order chi connectivity index (χ1) is 11.1. The van der Waals surface area contributed by atoms with Gasteiger partial charge >= 0.3 is 5.97 Å². The maximum atomic E-state index is 12.1. The molecule has 0 fully saturated rings. The van der Waals surface area contributed by atoms with Crippen LogP contribution in [0.5, 0.6) is 17.2 Å². The second-order valence-corrected chi connectivity index (χ2v) is 5.11. The smallest absolute Gasteiger partial charge is 0.315 e. The number of hydrogen-bond donors (Lipinski definition) is 0. The van der Waals surface area contributed by atoms with Gasteiger partial charge in [0.15, 0.2) is 11.5 Å². The van der Waals surface area contributed by atoms with Crippen LogP contribution in [0.3, 0.4) is 0 Å². The molecule has 0 saturated carbocycles. The van der Waals surface area contributed by atoms with Crippen molar-refractivity contribution in [3.05, 3.63) is 53.6 Å². The summed E-state index contributed by atoms with van der Waals surface area (Å²) in [5.41, 5.74) is 1.93. The van der Waals surface area contributed by atoms with Crippen molar-refractivity contribution in [3.63, 3.8) is 0 Å². The van der Waals surface area contributed by atoms with Gasteiger partial charge in [-0.05, 0) is 56.2 Å². The summed E-state index contributed by atoms with van der Waals surface area (Å²) in [5, 5.41) is 0. The minimum absolute atomic E-state index is 0.200. The van der Waals surface area contributed by atoms with Crippen LogP contribution >= 0.6 is 0 Å². The lowest BCUT2D eigenvalue weighted by Gasteiger charge is -2.11. The van der Waals surface area contributed by atoms with E-state index in [0.717, 1.165) is 16.9 Å². The van der Waals surface area contributed by atoms with E-state index in [9.17, 15) is 4.79 Å². The Morgan fingerprint density at radius 3 is 2.26 bits per heavy atom. The number of aryl methyl sites for hydroxylation is 1. The molecule has 2 aromatic carbocycles. The minimum Gasteiger partial charge on any atom is -0.494 e. The zero-order valence-electron chi connectivity index (χ0n) is 13.8. The Morgan fingerprint density at radius 1 is 0.913 bits per heavy atom. The van der Waals surface area contributed by atoms with Crippen LogP contribution in [-0.4, -0.2) is 19.2 Å². The summed E-state index contributed by atoms with van der Waals surface area (Å²) in [6.45, 7) is 6.94. The van der Waals surface area contributed by atoms with Crippen molar-refractivity contribution in [2.24, 2.45) is 0 Å². The van der Waals surface area contributed by atoms with Crippen LogP contribution in [0.4, 0.5) is 0 Å². The molecular formula is C19H22O4. The summed E-state index contributed by atoms with van der Waals surface area (Å²) in [7, 11) is 0. The number of ether oxygens (including phenoxy) is 3. The van der Waals surface area contributed by atoms with Gasteiger partial charge in [-0.15, -0.1) is 0 Å². The second-order valence-electron chi connectivity index (χ2n) is 5.11. The van der Waals surface area contributed by atoms with E-state index in [1.54, 1.807) is 6.07 Å². The Hall–Kier alpha value is -2.49. The van der Waals surface area contributed by atoms with Crippen LogP contribution < -0.4 is 14.2 Å². The third-order valence-corrected chi connectivity index (χ3v) is 3.21. The predicted molar refractivity (Wildman–Crippen MR) is 89.3 cm³/mol. The average Bonchev–Trinajstić information content (AvgIpc) is 2.52. The fourth-order valence-electron chi connectivity index (χ4n) is 2.16. The van der Waals surface area contributed by atoms with Crippen molar-refractivity contribution < 1.29 is 19.0 Å². The third kappa shape index (κ3) is 5.02. The van der Waals surface area contributed by atoms with Gasteiger partial charge in [-0.2, -0.15) is 0 Å². The van der Waals surface area contributed by atoms with Gasteiger partial charge in [0.2, 0.25) is 0 Å². The molecule has 0 aromatic heterocycles. The zero-order chi connectivity index (χ0) is 16.7. The summed E-state index contributed by atoms with van der Waals surface area (Å²) in [5.74, 6) is 1.52. The number of carbonyl (C=O) groups is 1. The summed E-state index contributed by atoms with van der Waals surface area (Å²) < 4.78 is 16.3. The topological polar surface area (TPSA) is 44.8 Å². The highest BCUT2D eigenvalue weighted by atomic mass is 16.6. The molecule has 0 bridgehead atoms. The van der Waals surface area contributed by atoms with Crippen LogP contribution in [0.15, 0.2) is 42.5 Å². The highest BCUT2D eigenvalue weighted by Crippen LogP contribution is 2.28. The quantitative estimate of drug-likeness (QED) is 0.573. The maximum Gasteiger partial charge on any atom is 0.315 e. The summed E-state index contributed by atoms with van der Waals surface area (Å²) in [4.78, 5) is 12.1. The van der Waals surface area contributed by atoms with Crippen LogP contribution in [0, 0.1) is 6.92 Å². The standard InChI is InChI=1S/C19H22O4/c1-4-21-16-9-7-15(8-10-16)13-19(20)23-17-11-6-14(3)12-18(17)22-5-2/h6-12H,4-5,13H2,1-3H3. The van der Waals surface area contributed by atoms with Crippen molar-refractivity contribution in [3.8, 4) is 17.2 Å². The summed E-state index contributed by atoms with van der Waals surface area (Å²) in [6.07, 6.45) is 0.200. The van der Waals surface area contributed by atoms with Crippen LogP contribution in [0.2, 0.25) is 0 Å². The average molecular weight is 314 g/mol. The predicted octanol–water partition coefficient (Wildman–Crippen LogP) is 3.94. The van der Waals surface area contributed by atoms with Gasteiger partial charge in [-0.3, -0.25) is 4.79 Å². The molecule has 0 saturated heterocycles. The normalized spacial score (nSPS) is 10.2. The Kier molecular flexibility index (Phi) is 6.03. The maximum absolute atomic E-state index is 12.1. The van der Waals surface area contributed by atoms with Gasteiger partial charge in [-0.25, -0.2) is 0 Å². The monoisotopic (exact) mass is 314 g/mol. The molecule has 0 amide bonds. The molecule has 23 heavy (non-hydrogen) atoms.